The zero-order valence-electron chi connectivity index (χ0n) is 10.5. The molecule has 3 N–H and O–H groups in total. The first kappa shape index (κ1) is 14.1. The second-order valence-corrected chi connectivity index (χ2v) is 5.76. The lowest BCUT2D eigenvalue weighted by Gasteiger charge is -2.09. The highest BCUT2D eigenvalue weighted by atomic mass is 79.9. The predicted molar refractivity (Wildman–Crippen MR) is 81.5 cm³/mol. The summed E-state index contributed by atoms with van der Waals surface area (Å²) in [6.45, 7) is 3.81. The van der Waals surface area contributed by atoms with Gasteiger partial charge in [0, 0.05) is 10.0 Å². The van der Waals surface area contributed by atoms with Gasteiger partial charge in [0.15, 0.2) is 0 Å². The molecular weight excluding hydrogens is 330 g/mol. The van der Waals surface area contributed by atoms with E-state index in [0.29, 0.717) is 16.4 Å². The van der Waals surface area contributed by atoms with E-state index in [0.717, 1.165) is 10.0 Å². The molecule has 0 saturated heterocycles. The largest absolute Gasteiger partial charge is 0.383 e. The number of anilines is 1. The summed E-state index contributed by atoms with van der Waals surface area (Å²) in [7, 11) is 0. The van der Waals surface area contributed by atoms with Crippen molar-refractivity contribution in [3.63, 3.8) is 0 Å². The summed E-state index contributed by atoms with van der Waals surface area (Å²) in [6.07, 6.45) is 0. The fraction of sp³-hybridized carbons (Fsp3) is 0.231. The Bertz CT molecular complexity index is 682. The molecule has 0 aliphatic carbocycles. The van der Waals surface area contributed by atoms with Crippen molar-refractivity contribution in [2.45, 2.75) is 19.8 Å². The number of hydrogen-bond acceptors (Lipinski definition) is 3. The lowest BCUT2D eigenvalue weighted by atomic mass is 10.1. The molecule has 0 aliphatic heterocycles. The highest BCUT2D eigenvalue weighted by Gasteiger charge is 2.13. The van der Waals surface area contributed by atoms with Gasteiger partial charge in [-0.2, -0.15) is 0 Å². The van der Waals surface area contributed by atoms with Gasteiger partial charge < -0.3 is 10.7 Å². The number of aromatic amines is 1. The SMILES string of the molecule is CC(C)c1c(N)nc(-c2ccc(Cl)c(Br)c2)[nH]c1=O. The number of nitrogens with zero attached hydrogens (tertiary/aromatic N) is 1. The van der Waals surface area contributed by atoms with Crippen molar-refractivity contribution in [3.8, 4) is 11.4 Å². The van der Waals surface area contributed by atoms with Gasteiger partial charge in [-0.05, 0) is 40.0 Å². The maximum Gasteiger partial charge on any atom is 0.256 e. The summed E-state index contributed by atoms with van der Waals surface area (Å²) in [5.41, 5.74) is 6.91. The summed E-state index contributed by atoms with van der Waals surface area (Å²) in [5.74, 6) is 0.728. The molecular formula is C13H13BrClN3O. The molecule has 2 rings (SSSR count). The minimum absolute atomic E-state index is 0.0299. The molecule has 1 aromatic carbocycles. The monoisotopic (exact) mass is 341 g/mol. The van der Waals surface area contributed by atoms with Gasteiger partial charge in [0.05, 0.1) is 10.6 Å². The van der Waals surface area contributed by atoms with Crippen molar-refractivity contribution in [2.24, 2.45) is 0 Å². The third-order valence-corrected chi connectivity index (χ3v) is 3.97. The third-order valence-electron chi connectivity index (χ3n) is 2.76. The fourth-order valence-corrected chi connectivity index (χ4v) is 2.33. The normalized spacial score (nSPS) is 11.0. The van der Waals surface area contributed by atoms with Gasteiger partial charge in [-0.25, -0.2) is 4.98 Å². The Kier molecular flexibility index (Phi) is 3.96. The van der Waals surface area contributed by atoms with Gasteiger partial charge in [-0.15, -0.1) is 0 Å². The Hall–Kier alpha value is -1.33. The van der Waals surface area contributed by atoms with Gasteiger partial charge >= 0.3 is 0 Å². The molecule has 0 radical (unpaired) electrons. The topological polar surface area (TPSA) is 71.8 Å². The lowest BCUT2D eigenvalue weighted by Crippen LogP contribution is -2.19. The molecule has 19 heavy (non-hydrogen) atoms. The van der Waals surface area contributed by atoms with Crippen LogP contribution in [0.3, 0.4) is 0 Å². The van der Waals surface area contributed by atoms with Crippen LogP contribution in [0.25, 0.3) is 11.4 Å². The molecule has 0 aliphatic rings. The van der Waals surface area contributed by atoms with Gasteiger partial charge in [0.1, 0.15) is 11.6 Å². The van der Waals surface area contributed by atoms with Gasteiger partial charge in [0.2, 0.25) is 0 Å². The number of benzene rings is 1. The van der Waals surface area contributed by atoms with E-state index in [1.807, 2.05) is 13.8 Å². The van der Waals surface area contributed by atoms with Crippen LogP contribution in [0.4, 0.5) is 5.82 Å². The highest BCUT2D eigenvalue weighted by Crippen LogP contribution is 2.27. The summed E-state index contributed by atoms with van der Waals surface area (Å²) in [6, 6.07) is 5.29. The summed E-state index contributed by atoms with van der Waals surface area (Å²) in [4.78, 5) is 19.0. The quantitative estimate of drug-likeness (QED) is 0.876. The van der Waals surface area contributed by atoms with E-state index in [-0.39, 0.29) is 17.3 Å². The van der Waals surface area contributed by atoms with Crippen molar-refractivity contribution >= 4 is 33.3 Å². The van der Waals surface area contributed by atoms with Crippen LogP contribution in [0, 0.1) is 0 Å². The van der Waals surface area contributed by atoms with Crippen LogP contribution < -0.4 is 11.3 Å². The van der Waals surface area contributed by atoms with Crippen molar-refractivity contribution in [1.29, 1.82) is 0 Å². The van der Waals surface area contributed by atoms with Crippen molar-refractivity contribution in [1.82, 2.24) is 9.97 Å². The smallest absolute Gasteiger partial charge is 0.256 e. The molecule has 1 heterocycles. The number of nitrogens with one attached hydrogen (secondary N) is 1. The average molecular weight is 343 g/mol. The van der Waals surface area contributed by atoms with Crippen LogP contribution in [0.5, 0.6) is 0 Å². The number of rotatable bonds is 2. The Labute approximate surface area is 124 Å². The van der Waals surface area contributed by atoms with E-state index in [2.05, 4.69) is 25.9 Å². The van der Waals surface area contributed by atoms with E-state index >= 15 is 0 Å². The number of nitrogens with two attached hydrogens (primary N) is 1. The van der Waals surface area contributed by atoms with Gasteiger partial charge in [-0.3, -0.25) is 4.79 Å². The minimum atomic E-state index is -0.205. The van der Waals surface area contributed by atoms with Gasteiger partial charge in [-0.1, -0.05) is 25.4 Å². The molecule has 0 spiro atoms. The number of aromatic nitrogens is 2. The van der Waals surface area contributed by atoms with Crippen LogP contribution in [0.15, 0.2) is 27.5 Å². The molecule has 0 saturated carbocycles. The molecule has 6 heteroatoms. The van der Waals surface area contributed by atoms with E-state index in [1.54, 1.807) is 18.2 Å². The summed E-state index contributed by atoms with van der Waals surface area (Å²) < 4.78 is 0.737. The second kappa shape index (κ2) is 5.35. The molecule has 1 aromatic heterocycles. The zero-order valence-corrected chi connectivity index (χ0v) is 12.8. The molecule has 0 fully saturated rings. The molecule has 2 aromatic rings. The first-order valence-electron chi connectivity index (χ1n) is 5.75. The predicted octanol–water partition coefficient (Wildman–Crippen LogP) is 3.56. The van der Waals surface area contributed by atoms with Crippen molar-refractivity contribution in [2.75, 3.05) is 5.73 Å². The first-order chi connectivity index (χ1) is 8.90. The highest BCUT2D eigenvalue weighted by molar-refractivity contribution is 9.10. The van der Waals surface area contributed by atoms with Crippen LogP contribution in [0.2, 0.25) is 5.02 Å². The number of H-pyrrole nitrogens is 1. The third kappa shape index (κ3) is 2.82. The summed E-state index contributed by atoms with van der Waals surface area (Å²) >= 11 is 9.27. The van der Waals surface area contributed by atoms with E-state index in [1.165, 1.54) is 0 Å². The van der Waals surface area contributed by atoms with Crippen molar-refractivity contribution in [3.05, 3.63) is 43.6 Å². The lowest BCUT2D eigenvalue weighted by molar-refractivity contribution is 0.837. The summed E-state index contributed by atoms with van der Waals surface area (Å²) in [5, 5.41) is 0.595. The number of hydrogen-bond donors (Lipinski definition) is 2. The standard InChI is InChI=1S/C13H13BrClN3O/c1-6(2)10-11(16)17-12(18-13(10)19)7-3-4-9(15)8(14)5-7/h3-6H,1-2H3,(H3,16,17,18,19). The Balaban J connectivity index is 2.58. The molecule has 100 valence electrons. The van der Waals surface area contributed by atoms with Crippen LogP contribution in [0.1, 0.15) is 25.3 Å². The molecule has 0 unspecified atom stereocenters. The average Bonchev–Trinajstić information content (AvgIpc) is 2.31. The molecule has 0 bridgehead atoms. The van der Waals surface area contributed by atoms with Gasteiger partial charge in [0.25, 0.3) is 5.56 Å². The zero-order chi connectivity index (χ0) is 14.2. The van der Waals surface area contributed by atoms with E-state index < -0.39 is 0 Å². The Morgan fingerprint density at radius 2 is 2.11 bits per heavy atom. The molecule has 0 atom stereocenters. The number of halogens is 2. The molecule has 0 amide bonds. The first-order valence-corrected chi connectivity index (χ1v) is 6.92. The maximum absolute atomic E-state index is 12.0. The Morgan fingerprint density at radius 3 is 2.63 bits per heavy atom. The maximum atomic E-state index is 12.0. The Morgan fingerprint density at radius 1 is 1.42 bits per heavy atom. The second-order valence-electron chi connectivity index (χ2n) is 4.50. The van der Waals surface area contributed by atoms with Crippen LogP contribution in [-0.2, 0) is 0 Å². The van der Waals surface area contributed by atoms with Crippen LogP contribution >= 0.6 is 27.5 Å². The van der Waals surface area contributed by atoms with Crippen molar-refractivity contribution < 1.29 is 0 Å². The fourth-order valence-electron chi connectivity index (χ4n) is 1.84. The molecule has 4 nitrogen and oxygen atoms in total. The van der Waals surface area contributed by atoms with Crippen LogP contribution in [-0.4, -0.2) is 9.97 Å². The minimum Gasteiger partial charge on any atom is -0.383 e. The number of nitrogen functional groups attached to an aromatic ring is 1. The van der Waals surface area contributed by atoms with E-state index in [9.17, 15) is 4.79 Å². The van der Waals surface area contributed by atoms with E-state index in [4.69, 9.17) is 17.3 Å².